The van der Waals surface area contributed by atoms with Crippen LogP contribution in [0.5, 0.6) is 0 Å². The number of carbonyl (C=O) groups excluding carboxylic acids is 2. The van der Waals surface area contributed by atoms with E-state index in [-0.39, 0.29) is 29.1 Å². The predicted molar refractivity (Wildman–Crippen MR) is 81.7 cm³/mol. The van der Waals surface area contributed by atoms with Crippen LogP contribution >= 0.6 is 0 Å². The number of anilines is 1. The van der Waals surface area contributed by atoms with Crippen LogP contribution in [-0.4, -0.2) is 18.4 Å². The van der Waals surface area contributed by atoms with E-state index in [0.29, 0.717) is 5.69 Å². The van der Waals surface area contributed by atoms with E-state index in [1.54, 1.807) is 0 Å². The third-order valence-electron chi connectivity index (χ3n) is 4.72. The fraction of sp³-hybridized carbons (Fsp3) is 0.529. The van der Waals surface area contributed by atoms with Crippen molar-refractivity contribution < 1.29 is 9.59 Å². The predicted octanol–water partition coefficient (Wildman–Crippen LogP) is 2.33. The zero-order chi connectivity index (χ0) is 15.2. The van der Waals surface area contributed by atoms with E-state index in [2.05, 4.69) is 12.2 Å². The van der Waals surface area contributed by atoms with Gasteiger partial charge in [-0.25, -0.2) is 0 Å². The van der Waals surface area contributed by atoms with Gasteiger partial charge in [-0.1, -0.05) is 32.9 Å². The lowest BCUT2D eigenvalue weighted by Gasteiger charge is -2.21. The van der Waals surface area contributed by atoms with Gasteiger partial charge in [-0.05, 0) is 36.1 Å². The van der Waals surface area contributed by atoms with E-state index in [1.165, 1.54) is 4.90 Å². The molecule has 2 aliphatic rings. The minimum Gasteiger partial charge on any atom is -0.313 e. The van der Waals surface area contributed by atoms with Crippen LogP contribution in [0.4, 0.5) is 5.69 Å². The number of fused-ring (bicyclic) bond motifs is 1. The first-order valence-electron chi connectivity index (χ1n) is 7.66. The Balaban J connectivity index is 1.78. The maximum absolute atomic E-state index is 12.4. The van der Waals surface area contributed by atoms with Gasteiger partial charge in [-0.3, -0.25) is 14.5 Å². The molecule has 1 N–H and O–H groups in total. The summed E-state index contributed by atoms with van der Waals surface area (Å²) in [7, 11) is 0. The molecule has 1 saturated heterocycles. The van der Waals surface area contributed by atoms with Gasteiger partial charge in [0, 0.05) is 6.54 Å². The SMILES string of the molecule is CCCNCc1cccc(N2C(=O)C3C(C2=O)C3(C)C)c1. The molecule has 3 rings (SSSR count). The van der Waals surface area contributed by atoms with Crippen LogP contribution in [0.15, 0.2) is 24.3 Å². The van der Waals surface area contributed by atoms with Crippen LogP contribution in [0.1, 0.15) is 32.8 Å². The summed E-state index contributed by atoms with van der Waals surface area (Å²) in [5.41, 5.74) is 1.66. The monoisotopic (exact) mass is 286 g/mol. The third kappa shape index (κ3) is 2.18. The summed E-state index contributed by atoms with van der Waals surface area (Å²) >= 11 is 0. The largest absolute Gasteiger partial charge is 0.313 e. The average molecular weight is 286 g/mol. The van der Waals surface area contributed by atoms with E-state index in [4.69, 9.17) is 0 Å². The standard InChI is InChI=1S/C17H22N2O2/c1-4-8-18-10-11-6-5-7-12(9-11)19-15(20)13-14(16(19)21)17(13,2)3/h5-7,9,13-14,18H,4,8,10H2,1-3H3. The van der Waals surface area contributed by atoms with Gasteiger partial charge >= 0.3 is 0 Å². The molecule has 0 bridgehead atoms. The zero-order valence-electron chi connectivity index (χ0n) is 12.8. The molecule has 2 fully saturated rings. The number of hydrogen-bond acceptors (Lipinski definition) is 3. The normalized spacial score (nSPS) is 26.1. The Bertz CT molecular complexity index is 570. The molecule has 21 heavy (non-hydrogen) atoms. The summed E-state index contributed by atoms with van der Waals surface area (Å²) in [6.07, 6.45) is 1.08. The van der Waals surface area contributed by atoms with E-state index >= 15 is 0 Å². The van der Waals surface area contributed by atoms with E-state index in [0.717, 1.165) is 25.1 Å². The van der Waals surface area contributed by atoms with Crippen LogP contribution in [0, 0.1) is 17.3 Å². The summed E-state index contributed by atoms with van der Waals surface area (Å²) in [5, 5.41) is 3.33. The second kappa shape index (κ2) is 4.95. The van der Waals surface area contributed by atoms with Gasteiger partial charge in [-0.15, -0.1) is 0 Å². The summed E-state index contributed by atoms with van der Waals surface area (Å²) in [6.45, 7) is 7.85. The second-order valence-corrected chi connectivity index (χ2v) is 6.64. The number of nitrogens with zero attached hydrogens (tertiary/aromatic N) is 1. The highest BCUT2D eigenvalue weighted by molar-refractivity contribution is 6.25. The first-order chi connectivity index (χ1) is 9.98. The molecule has 2 atom stereocenters. The number of imide groups is 1. The molecule has 0 radical (unpaired) electrons. The molecule has 1 heterocycles. The number of benzene rings is 1. The van der Waals surface area contributed by atoms with Crippen molar-refractivity contribution in [3.63, 3.8) is 0 Å². The van der Waals surface area contributed by atoms with Gasteiger partial charge in [0.25, 0.3) is 0 Å². The average Bonchev–Trinajstić information content (AvgIpc) is 2.90. The van der Waals surface area contributed by atoms with Crippen LogP contribution in [0.3, 0.4) is 0 Å². The number of piperidine rings is 1. The lowest BCUT2D eigenvalue weighted by Crippen LogP contribution is -2.36. The Morgan fingerprint density at radius 2 is 1.86 bits per heavy atom. The Labute approximate surface area is 125 Å². The Morgan fingerprint density at radius 1 is 1.19 bits per heavy atom. The Hall–Kier alpha value is -1.68. The first kappa shape index (κ1) is 14.3. The molecule has 112 valence electrons. The second-order valence-electron chi connectivity index (χ2n) is 6.64. The van der Waals surface area contributed by atoms with Gasteiger partial charge in [0.2, 0.25) is 11.8 Å². The number of amides is 2. The fourth-order valence-electron chi connectivity index (χ4n) is 3.42. The van der Waals surface area contributed by atoms with Gasteiger partial charge < -0.3 is 5.32 Å². The lowest BCUT2D eigenvalue weighted by molar-refractivity contribution is -0.125. The molecule has 4 heteroatoms. The molecule has 2 unspecified atom stereocenters. The minimum absolute atomic E-state index is 0.0336. The van der Waals surface area contributed by atoms with Crippen molar-refractivity contribution in [2.24, 2.45) is 17.3 Å². The van der Waals surface area contributed by atoms with Crippen molar-refractivity contribution in [3.8, 4) is 0 Å². The molecule has 1 aliphatic carbocycles. The number of rotatable bonds is 5. The van der Waals surface area contributed by atoms with Crippen molar-refractivity contribution in [2.75, 3.05) is 11.4 Å². The van der Waals surface area contributed by atoms with Crippen LogP contribution in [0.2, 0.25) is 0 Å². The smallest absolute Gasteiger partial charge is 0.238 e. The highest BCUT2D eigenvalue weighted by atomic mass is 16.2. The number of hydrogen-bond donors (Lipinski definition) is 1. The number of carbonyl (C=O) groups is 2. The van der Waals surface area contributed by atoms with Gasteiger partial charge in [0.1, 0.15) is 0 Å². The molecule has 1 aromatic carbocycles. The maximum Gasteiger partial charge on any atom is 0.238 e. The van der Waals surface area contributed by atoms with Gasteiger partial charge in [-0.2, -0.15) is 0 Å². The molecule has 0 aromatic heterocycles. The van der Waals surface area contributed by atoms with Crippen molar-refractivity contribution in [1.29, 1.82) is 0 Å². The summed E-state index contributed by atoms with van der Waals surface area (Å²) < 4.78 is 0. The number of nitrogens with one attached hydrogen (secondary N) is 1. The van der Waals surface area contributed by atoms with Crippen LogP contribution in [0.25, 0.3) is 0 Å². The minimum atomic E-state index is -0.148. The maximum atomic E-state index is 12.4. The molecule has 1 saturated carbocycles. The van der Waals surface area contributed by atoms with E-state index < -0.39 is 0 Å². The zero-order valence-corrected chi connectivity index (χ0v) is 12.8. The van der Waals surface area contributed by atoms with Crippen LogP contribution in [-0.2, 0) is 16.1 Å². The van der Waals surface area contributed by atoms with Gasteiger partial charge in [0.15, 0.2) is 0 Å². The summed E-state index contributed by atoms with van der Waals surface area (Å²) in [6, 6.07) is 7.71. The van der Waals surface area contributed by atoms with Crippen LogP contribution < -0.4 is 10.2 Å². The van der Waals surface area contributed by atoms with Crippen molar-refractivity contribution in [1.82, 2.24) is 5.32 Å². The Kier molecular flexibility index (Phi) is 3.36. The van der Waals surface area contributed by atoms with E-state index in [9.17, 15) is 9.59 Å². The van der Waals surface area contributed by atoms with E-state index in [1.807, 2.05) is 38.1 Å². The fourth-order valence-corrected chi connectivity index (χ4v) is 3.42. The molecule has 2 amide bonds. The Morgan fingerprint density at radius 3 is 2.48 bits per heavy atom. The molecule has 4 nitrogen and oxygen atoms in total. The van der Waals surface area contributed by atoms with Crippen molar-refractivity contribution in [3.05, 3.63) is 29.8 Å². The first-order valence-corrected chi connectivity index (χ1v) is 7.66. The highest BCUT2D eigenvalue weighted by Gasteiger charge is 2.72. The molecule has 0 spiro atoms. The molecule has 1 aliphatic heterocycles. The lowest BCUT2D eigenvalue weighted by atomic mass is 10.0. The van der Waals surface area contributed by atoms with Gasteiger partial charge in [0.05, 0.1) is 17.5 Å². The summed E-state index contributed by atoms with van der Waals surface area (Å²) in [4.78, 5) is 26.2. The summed E-state index contributed by atoms with van der Waals surface area (Å²) in [5.74, 6) is -0.305. The highest BCUT2D eigenvalue weighted by Crippen LogP contribution is 2.63. The van der Waals surface area contributed by atoms with Crippen molar-refractivity contribution >= 4 is 17.5 Å². The topological polar surface area (TPSA) is 49.4 Å². The molecular formula is C17H22N2O2. The molecule has 1 aromatic rings. The third-order valence-corrected chi connectivity index (χ3v) is 4.72. The quantitative estimate of drug-likeness (QED) is 0.667. The molecular weight excluding hydrogens is 264 g/mol. The van der Waals surface area contributed by atoms with Crippen molar-refractivity contribution in [2.45, 2.75) is 33.7 Å².